The van der Waals surface area contributed by atoms with Crippen molar-refractivity contribution in [2.75, 3.05) is 31.2 Å². The molecule has 0 aliphatic carbocycles. The molecule has 0 spiro atoms. The number of hydrogen-bond donors (Lipinski definition) is 0. The molecule has 0 radical (unpaired) electrons. The maximum Gasteiger partial charge on any atom is 0.185 e. The minimum absolute atomic E-state index is 0.00320. The summed E-state index contributed by atoms with van der Waals surface area (Å²) in [6.07, 6.45) is 3.55. The van der Waals surface area contributed by atoms with Crippen molar-refractivity contribution in [3.05, 3.63) is 77.4 Å². The van der Waals surface area contributed by atoms with Crippen LogP contribution < -0.4 is 4.90 Å². The second-order valence-electron chi connectivity index (χ2n) is 8.72. The predicted octanol–water partition coefficient (Wildman–Crippen LogP) is 5.27. The summed E-state index contributed by atoms with van der Waals surface area (Å²) in [7, 11) is 0. The largest absolute Gasteiger partial charge is 0.378 e. The van der Waals surface area contributed by atoms with Gasteiger partial charge < -0.3 is 9.64 Å². The number of benzene rings is 2. The fourth-order valence-corrected chi connectivity index (χ4v) is 3.67. The zero-order chi connectivity index (χ0) is 21.1. The minimum Gasteiger partial charge on any atom is -0.378 e. The summed E-state index contributed by atoms with van der Waals surface area (Å²) in [6, 6.07) is 18.1. The Morgan fingerprint density at radius 3 is 2.43 bits per heavy atom. The van der Waals surface area contributed by atoms with Gasteiger partial charge in [0, 0.05) is 29.6 Å². The summed E-state index contributed by atoms with van der Waals surface area (Å²) in [5.41, 5.74) is 3.90. The number of para-hydroxylation sites is 1. The quantitative estimate of drug-likeness (QED) is 0.442. The van der Waals surface area contributed by atoms with E-state index in [0.717, 1.165) is 35.4 Å². The maximum atomic E-state index is 12.8. The van der Waals surface area contributed by atoms with E-state index in [4.69, 9.17) is 9.72 Å². The van der Waals surface area contributed by atoms with Crippen LogP contribution in [0.1, 0.15) is 42.3 Å². The van der Waals surface area contributed by atoms with E-state index >= 15 is 0 Å². The van der Waals surface area contributed by atoms with Gasteiger partial charge >= 0.3 is 0 Å². The van der Waals surface area contributed by atoms with Gasteiger partial charge in [-0.3, -0.25) is 4.79 Å². The molecule has 1 aliphatic heterocycles. The molecule has 1 aliphatic rings. The van der Waals surface area contributed by atoms with Gasteiger partial charge in [0.1, 0.15) is 5.82 Å². The van der Waals surface area contributed by atoms with Gasteiger partial charge in [-0.1, -0.05) is 63.2 Å². The van der Waals surface area contributed by atoms with Crippen molar-refractivity contribution in [2.45, 2.75) is 26.2 Å². The number of anilines is 1. The van der Waals surface area contributed by atoms with Crippen molar-refractivity contribution in [2.24, 2.45) is 0 Å². The second kappa shape index (κ2) is 8.41. The summed E-state index contributed by atoms with van der Waals surface area (Å²) in [4.78, 5) is 19.9. The molecule has 0 amide bonds. The zero-order valence-corrected chi connectivity index (χ0v) is 17.9. The molecule has 2 heterocycles. The Kier molecular flexibility index (Phi) is 5.69. The third-order valence-corrected chi connectivity index (χ3v) is 5.49. The number of allylic oxidation sites excluding steroid dienone is 1. The van der Waals surface area contributed by atoms with E-state index in [2.05, 4.69) is 37.8 Å². The number of ether oxygens (including phenoxy) is 1. The van der Waals surface area contributed by atoms with E-state index in [-0.39, 0.29) is 11.2 Å². The first-order chi connectivity index (χ1) is 14.4. The van der Waals surface area contributed by atoms with Crippen LogP contribution in [0.15, 0.2) is 60.7 Å². The van der Waals surface area contributed by atoms with Gasteiger partial charge in [-0.15, -0.1) is 0 Å². The van der Waals surface area contributed by atoms with Crippen LogP contribution >= 0.6 is 0 Å². The van der Waals surface area contributed by atoms with Crippen LogP contribution in [-0.4, -0.2) is 37.1 Å². The fourth-order valence-electron chi connectivity index (χ4n) is 3.67. The average Bonchev–Trinajstić information content (AvgIpc) is 2.77. The van der Waals surface area contributed by atoms with E-state index in [1.807, 2.05) is 48.5 Å². The minimum atomic E-state index is -0.00320. The first-order valence-corrected chi connectivity index (χ1v) is 10.5. The fraction of sp³-hybridized carbons (Fsp3) is 0.308. The van der Waals surface area contributed by atoms with Gasteiger partial charge in [-0.25, -0.2) is 4.98 Å². The molecule has 0 bridgehead atoms. The van der Waals surface area contributed by atoms with Crippen LogP contribution in [-0.2, 0) is 10.2 Å². The van der Waals surface area contributed by atoms with E-state index in [1.54, 1.807) is 6.08 Å². The lowest BCUT2D eigenvalue weighted by atomic mass is 9.86. The van der Waals surface area contributed by atoms with Gasteiger partial charge in [0.15, 0.2) is 5.78 Å². The van der Waals surface area contributed by atoms with Gasteiger partial charge in [0.25, 0.3) is 0 Å². The topological polar surface area (TPSA) is 42.4 Å². The summed E-state index contributed by atoms with van der Waals surface area (Å²) >= 11 is 0. The number of carbonyl (C=O) groups is 1. The van der Waals surface area contributed by atoms with Gasteiger partial charge in [0.05, 0.1) is 18.7 Å². The molecule has 1 aromatic heterocycles. The van der Waals surface area contributed by atoms with Crippen molar-refractivity contribution in [3.8, 4) is 0 Å². The Morgan fingerprint density at radius 2 is 1.73 bits per heavy atom. The SMILES string of the molecule is CC(C)(C)c1ccc(C(=O)/C=C/c2cc3ccccc3nc2N2CCOCC2)cc1. The Morgan fingerprint density at radius 1 is 1.03 bits per heavy atom. The molecular formula is C26H28N2O2. The van der Waals surface area contributed by atoms with E-state index in [1.165, 1.54) is 5.56 Å². The third-order valence-electron chi connectivity index (χ3n) is 5.49. The van der Waals surface area contributed by atoms with E-state index in [9.17, 15) is 4.79 Å². The highest BCUT2D eigenvalue weighted by atomic mass is 16.5. The monoisotopic (exact) mass is 400 g/mol. The first-order valence-electron chi connectivity index (χ1n) is 10.5. The van der Waals surface area contributed by atoms with Crippen molar-refractivity contribution in [3.63, 3.8) is 0 Å². The molecule has 3 aromatic rings. The third kappa shape index (κ3) is 4.44. The van der Waals surface area contributed by atoms with Crippen molar-refractivity contribution >= 4 is 28.6 Å². The Hall–Kier alpha value is -2.98. The standard InChI is InChI=1S/C26H28N2O2/c1-26(2,3)22-11-8-19(9-12-22)24(29)13-10-21-18-20-6-4-5-7-23(20)27-25(21)28-14-16-30-17-15-28/h4-13,18H,14-17H2,1-3H3/b13-10+. The molecule has 4 heteroatoms. The number of ketones is 1. The number of fused-ring (bicyclic) bond motifs is 1. The van der Waals surface area contributed by atoms with E-state index in [0.29, 0.717) is 18.8 Å². The summed E-state index contributed by atoms with van der Waals surface area (Å²) in [6.45, 7) is 9.49. The predicted molar refractivity (Wildman–Crippen MR) is 123 cm³/mol. The molecular weight excluding hydrogens is 372 g/mol. The summed E-state index contributed by atoms with van der Waals surface area (Å²) in [5, 5.41) is 1.07. The Labute approximate surface area is 178 Å². The van der Waals surface area contributed by atoms with Crippen LogP contribution in [0.2, 0.25) is 0 Å². The molecule has 2 aromatic carbocycles. The van der Waals surface area contributed by atoms with Crippen LogP contribution in [0, 0.1) is 0 Å². The Bertz CT molecular complexity index is 1070. The molecule has 4 rings (SSSR count). The number of aromatic nitrogens is 1. The molecule has 1 fully saturated rings. The zero-order valence-electron chi connectivity index (χ0n) is 17.9. The van der Waals surface area contributed by atoms with Crippen LogP contribution in [0.3, 0.4) is 0 Å². The van der Waals surface area contributed by atoms with Gasteiger partial charge in [-0.2, -0.15) is 0 Å². The highest BCUT2D eigenvalue weighted by Gasteiger charge is 2.17. The van der Waals surface area contributed by atoms with Gasteiger partial charge in [0.2, 0.25) is 0 Å². The number of nitrogens with zero attached hydrogens (tertiary/aromatic N) is 2. The smallest absolute Gasteiger partial charge is 0.185 e. The average molecular weight is 401 g/mol. The molecule has 1 saturated heterocycles. The first kappa shape index (κ1) is 20.3. The molecule has 4 nitrogen and oxygen atoms in total. The van der Waals surface area contributed by atoms with Crippen molar-refractivity contribution in [1.29, 1.82) is 0 Å². The Balaban J connectivity index is 1.64. The molecule has 0 atom stereocenters. The highest BCUT2D eigenvalue weighted by molar-refractivity contribution is 6.07. The number of morpholine rings is 1. The number of rotatable bonds is 4. The number of carbonyl (C=O) groups excluding carboxylic acids is 1. The summed E-state index contributed by atoms with van der Waals surface area (Å²) < 4.78 is 5.50. The molecule has 0 N–H and O–H groups in total. The lowest BCUT2D eigenvalue weighted by molar-refractivity contribution is 0.104. The normalized spacial score (nSPS) is 15.1. The van der Waals surface area contributed by atoms with Gasteiger partial charge in [-0.05, 0) is 35.3 Å². The lowest BCUT2D eigenvalue weighted by Crippen LogP contribution is -2.37. The number of pyridine rings is 1. The lowest BCUT2D eigenvalue weighted by Gasteiger charge is -2.29. The highest BCUT2D eigenvalue weighted by Crippen LogP contribution is 2.26. The maximum absolute atomic E-state index is 12.8. The summed E-state index contributed by atoms with van der Waals surface area (Å²) in [5.74, 6) is 0.903. The number of hydrogen-bond acceptors (Lipinski definition) is 4. The van der Waals surface area contributed by atoms with Crippen molar-refractivity contribution < 1.29 is 9.53 Å². The molecule has 154 valence electrons. The second-order valence-corrected chi connectivity index (χ2v) is 8.72. The van der Waals surface area contributed by atoms with E-state index < -0.39 is 0 Å². The van der Waals surface area contributed by atoms with Crippen molar-refractivity contribution in [1.82, 2.24) is 4.98 Å². The molecule has 30 heavy (non-hydrogen) atoms. The molecule has 0 unspecified atom stereocenters. The molecule has 0 saturated carbocycles. The van der Waals surface area contributed by atoms with Crippen LogP contribution in [0.25, 0.3) is 17.0 Å². The van der Waals surface area contributed by atoms with Crippen LogP contribution in [0.5, 0.6) is 0 Å². The van der Waals surface area contributed by atoms with Crippen LogP contribution in [0.4, 0.5) is 5.82 Å².